The van der Waals surface area contributed by atoms with E-state index in [4.69, 9.17) is 0 Å². The van der Waals surface area contributed by atoms with E-state index in [2.05, 4.69) is 108 Å². The molecular formula is C60H57F3N6. The van der Waals surface area contributed by atoms with Gasteiger partial charge in [0.25, 0.3) is 0 Å². The van der Waals surface area contributed by atoms with Crippen LogP contribution < -0.4 is 0 Å². The lowest BCUT2D eigenvalue weighted by Crippen LogP contribution is -1.97. The van der Waals surface area contributed by atoms with Crippen LogP contribution in [0.5, 0.6) is 0 Å². The van der Waals surface area contributed by atoms with Gasteiger partial charge >= 0.3 is 0 Å². The van der Waals surface area contributed by atoms with E-state index < -0.39 is 11.6 Å². The van der Waals surface area contributed by atoms with Crippen molar-refractivity contribution in [2.24, 2.45) is 0 Å². The van der Waals surface area contributed by atoms with Crippen molar-refractivity contribution in [3.8, 4) is 67.5 Å². The Kier molecular flexibility index (Phi) is 15.1. The van der Waals surface area contributed by atoms with Gasteiger partial charge in [-0.05, 0) is 190 Å². The van der Waals surface area contributed by atoms with E-state index >= 15 is 0 Å². The average Bonchev–Trinajstić information content (AvgIpc) is 3.32. The molecule has 0 atom stereocenters. The molecule has 0 aliphatic heterocycles. The molecule has 9 heteroatoms. The number of nitrogens with zero attached hydrogens (tertiary/aromatic N) is 6. The van der Waals surface area contributed by atoms with Gasteiger partial charge in [0.1, 0.15) is 17.5 Å². The van der Waals surface area contributed by atoms with Gasteiger partial charge in [0.2, 0.25) is 0 Å². The second-order valence-electron chi connectivity index (χ2n) is 18.0. The summed E-state index contributed by atoms with van der Waals surface area (Å²) in [6.07, 6.45) is 10.4. The Hall–Kier alpha value is -7.65. The number of hydrogen-bond donors (Lipinski definition) is 0. The van der Waals surface area contributed by atoms with Gasteiger partial charge in [-0.15, -0.1) is 0 Å². The molecule has 0 radical (unpaired) electrons. The first kappa shape index (κ1) is 49.3. The van der Waals surface area contributed by atoms with Crippen LogP contribution in [-0.2, 0) is 0 Å². The first-order chi connectivity index (χ1) is 32.9. The fraction of sp³-hybridized carbons (Fsp3) is 0.200. The van der Waals surface area contributed by atoms with Crippen LogP contribution in [0, 0.1) is 101 Å². The Morgan fingerprint density at radius 3 is 0.971 bits per heavy atom. The van der Waals surface area contributed by atoms with Gasteiger partial charge in [0.05, 0.1) is 5.56 Å². The summed E-state index contributed by atoms with van der Waals surface area (Å²) in [4.78, 5) is 25.5. The Morgan fingerprint density at radius 2 is 0.580 bits per heavy atom. The lowest BCUT2D eigenvalue weighted by Gasteiger charge is -2.12. The minimum Gasteiger partial charge on any atom is -0.236 e. The van der Waals surface area contributed by atoms with Crippen LogP contribution in [0.15, 0.2) is 128 Å². The summed E-state index contributed by atoms with van der Waals surface area (Å²) in [7, 11) is 0. The molecule has 0 N–H and O–H groups in total. The highest BCUT2D eigenvalue weighted by molar-refractivity contribution is 5.73. The molecule has 0 fully saturated rings. The standard InChI is InChI=1S/C20H18F2N2.C20H19FN2.C20H20N2/c1-11-9-23-20(24-10-11)16-7-17(21)19(18(22)8-16)15-5-12(2)14(4)13(3)6-15;1-12-10-22-20(23-11-12)16-5-6-18(19(21)9-16)17-7-13(2)15(4)14(3)8-17;1-13-11-21-20(22-12-13)18-7-5-17(6-8-18)19-9-14(2)16(4)15(3)10-19/h5-10H,1-4H3;5-11H,1-4H3;5-12H,1-4H3. The van der Waals surface area contributed by atoms with Crippen LogP contribution in [0.25, 0.3) is 67.5 Å². The number of aryl methyl sites for hydroxylation is 9. The first-order valence-electron chi connectivity index (χ1n) is 22.9. The van der Waals surface area contributed by atoms with Gasteiger partial charge in [-0.25, -0.2) is 43.1 Å². The van der Waals surface area contributed by atoms with Crippen molar-refractivity contribution in [2.45, 2.75) is 83.1 Å². The molecule has 0 unspecified atom stereocenters. The van der Waals surface area contributed by atoms with Crippen molar-refractivity contribution in [3.63, 3.8) is 0 Å². The minimum absolute atomic E-state index is 0.0166. The van der Waals surface area contributed by atoms with Crippen LogP contribution in [0.3, 0.4) is 0 Å². The highest BCUT2D eigenvalue weighted by Gasteiger charge is 2.17. The topological polar surface area (TPSA) is 77.3 Å². The van der Waals surface area contributed by atoms with Crippen LogP contribution in [0.2, 0.25) is 0 Å². The van der Waals surface area contributed by atoms with Crippen molar-refractivity contribution in [1.82, 2.24) is 29.9 Å². The van der Waals surface area contributed by atoms with Gasteiger partial charge in [-0.2, -0.15) is 0 Å². The molecule has 0 amide bonds. The van der Waals surface area contributed by atoms with Crippen molar-refractivity contribution in [1.29, 1.82) is 0 Å². The third-order valence-corrected chi connectivity index (χ3v) is 12.7. The summed E-state index contributed by atoms with van der Waals surface area (Å²) in [6, 6.07) is 28.4. The fourth-order valence-corrected chi connectivity index (χ4v) is 7.88. The zero-order valence-corrected chi connectivity index (χ0v) is 41.4. The predicted octanol–water partition coefficient (Wildman–Crippen LogP) is 15.6. The molecular weight excluding hydrogens is 862 g/mol. The highest BCUT2D eigenvalue weighted by Crippen LogP contribution is 2.33. The summed E-state index contributed by atoms with van der Waals surface area (Å²) in [5.41, 5.74) is 20.3. The van der Waals surface area contributed by atoms with Crippen LogP contribution in [-0.4, -0.2) is 29.9 Å². The molecule has 0 aliphatic carbocycles. The highest BCUT2D eigenvalue weighted by atomic mass is 19.1. The van der Waals surface area contributed by atoms with Gasteiger partial charge in [0, 0.05) is 59.4 Å². The zero-order valence-electron chi connectivity index (χ0n) is 41.4. The summed E-state index contributed by atoms with van der Waals surface area (Å²) in [5.74, 6) is 0.134. The van der Waals surface area contributed by atoms with E-state index in [-0.39, 0.29) is 11.4 Å². The maximum Gasteiger partial charge on any atom is 0.159 e. The summed E-state index contributed by atoms with van der Waals surface area (Å²) >= 11 is 0. The van der Waals surface area contributed by atoms with Crippen molar-refractivity contribution in [2.75, 3.05) is 0 Å². The maximum atomic E-state index is 14.6. The number of benzene rings is 6. The van der Waals surface area contributed by atoms with Gasteiger partial charge in [-0.3, -0.25) is 0 Å². The van der Waals surface area contributed by atoms with E-state index in [1.54, 1.807) is 30.9 Å². The van der Waals surface area contributed by atoms with Gasteiger partial charge in [0.15, 0.2) is 17.5 Å². The molecule has 348 valence electrons. The monoisotopic (exact) mass is 918 g/mol. The van der Waals surface area contributed by atoms with E-state index in [9.17, 15) is 13.2 Å². The second-order valence-corrected chi connectivity index (χ2v) is 18.0. The van der Waals surface area contributed by atoms with Crippen LogP contribution in [0.1, 0.15) is 66.8 Å². The lowest BCUT2D eigenvalue weighted by molar-refractivity contribution is 0.590. The molecule has 3 heterocycles. The van der Waals surface area contributed by atoms with E-state index in [1.165, 1.54) is 62.7 Å². The smallest absolute Gasteiger partial charge is 0.159 e. The Morgan fingerprint density at radius 1 is 0.275 bits per heavy atom. The summed E-state index contributed by atoms with van der Waals surface area (Å²) < 4.78 is 43.9. The zero-order chi connectivity index (χ0) is 49.7. The van der Waals surface area contributed by atoms with Crippen LogP contribution >= 0.6 is 0 Å². The largest absolute Gasteiger partial charge is 0.236 e. The SMILES string of the molecule is Cc1cnc(-c2cc(F)c(-c3cc(C)c(C)c(C)c3)c(F)c2)nc1.Cc1cnc(-c2ccc(-c3cc(C)c(C)c(C)c3)c(F)c2)nc1.Cc1cnc(-c2ccc(-c3cc(C)c(C)c(C)c3)cc2)nc1. The Balaban J connectivity index is 0.000000153. The number of aromatic nitrogens is 6. The summed E-state index contributed by atoms with van der Waals surface area (Å²) in [5, 5.41) is 0. The third-order valence-electron chi connectivity index (χ3n) is 12.7. The molecule has 6 nitrogen and oxygen atoms in total. The molecule has 0 bridgehead atoms. The maximum absolute atomic E-state index is 14.6. The average molecular weight is 919 g/mol. The van der Waals surface area contributed by atoms with Gasteiger partial charge < -0.3 is 0 Å². The molecule has 6 aromatic carbocycles. The van der Waals surface area contributed by atoms with E-state index in [0.717, 1.165) is 50.3 Å². The molecule has 0 aliphatic rings. The number of hydrogen-bond acceptors (Lipinski definition) is 6. The molecule has 69 heavy (non-hydrogen) atoms. The Bertz CT molecular complexity index is 3200. The second kappa shape index (κ2) is 21.1. The van der Waals surface area contributed by atoms with Gasteiger partial charge in [-0.1, -0.05) is 72.8 Å². The number of rotatable bonds is 6. The van der Waals surface area contributed by atoms with Crippen molar-refractivity contribution in [3.05, 3.63) is 212 Å². The summed E-state index contributed by atoms with van der Waals surface area (Å²) in [6.45, 7) is 24.4. The lowest BCUT2D eigenvalue weighted by atomic mass is 9.95. The predicted molar refractivity (Wildman–Crippen MR) is 275 cm³/mol. The molecule has 3 aromatic heterocycles. The minimum atomic E-state index is -0.614. The molecule has 0 saturated heterocycles. The van der Waals surface area contributed by atoms with Crippen molar-refractivity contribution < 1.29 is 13.2 Å². The Labute approximate surface area is 404 Å². The fourth-order valence-electron chi connectivity index (χ4n) is 7.88. The molecule has 0 spiro atoms. The molecule has 9 rings (SSSR count). The first-order valence-corrected chi connectivity index (χ1v) is 22.9. The molecule has 0 saturated carbocycles. The van der Waals surface area contributed by atoms with Crippen LogP contribution in [0.4, 0.5) is 13.2 Å². The van der Waals surface area contributed by atoms with E-state index in [1.807, 2.05) is 84.3 Å². The normalized spacial score (nSPS) is 10.8. The number of halogens is 3. The quantitative estimate of drug-likeness (QED) is 0.165. The van der Waals surface area contributed by atoms with E-state index in [0.29, 0.717) is 33.9 Å². The third kappa shape index (κ3) is 11.6. The van der Waals surface area contributed by atoms with Crippen molar-refractivity contribution >= 4 is 0 Å². The molecule has 9 aromatic rings.